The molecule has 0 amide bonds. The van der Waals surface area contributed by atoms with Gasteiger partial charge >= 0.3 is 5.97 Å². The Bertz CT molecular complexity index is 1070. The van der Waals surface area contributed by atoms with Crippen molar-refractivity contribution >= 4 is 5.97 Å². The lowest BCUT2D eigenvalue weighted by Crippen LogP contribution is -2.48. The lowest BCUT2D eigenvalue weighted by molar-refractivity contribution is -0.137. The number of ether oxygens (including phenoxy) is 2. The molecule has 5 rings (SSSR count). The highest BCUT2D eigenvalue weighted by Crippen LogP contribution is 2.38. The van der Waals surface area contributed by atoms with Crippen LogP contribution in [0.1, 0.15) is 35.1 Å². The van der Waals surface area contributed by atoms with Gasteiger partial charge in [-0.1, -0.05) is 66.7 Å². The van der Waals surface area contributed by atoms with Crippen LogP contribution in [0.15, 0.2) is 78.9 Å². The summed E-state index contributed by atoms with van der Waals surface area (Å²) in [5, 5.41) is 9.07. The van der Waals surface area contributed by atoms with Crippen molar-refractivity contribution in [3.8, 4) is 11.5 Å². The molecule has 0 radical (unpaired) electrons. The Balaban J connectivity index is 1.13. The minimum Gasteiger partial charge on any atom is -0.492 e. The summed E-state index contributed by atoms with van der Waals surface area (Å²) in [6, 6.07) is 27.5. The molecule has 2 aliphatic rings. The van der Waals surface area contributed by atoms with E-state index in [1.807, 2.05) is 18.2 Å². The fourth-order valence-corrected chi connectivity index (χ4v) is 5.15. The number of fused-ring (bicyclic) bond motifs is 1. The Morgan fingerprint density at radius 2 is 1.60 bits per heavy atom. The summed E-state index contributed by atoms with van der Waals surface area (Å²) in [6.07, 6.45) is 0.0918. The van der Waals surface area contributed by atoms with Crippen molar-refractivity contribution < 1.29 is 19.4 Å². The van der Waals surface area contributed by atoms with E-state index in [2.05, 4.69) is 70.5 Å². The molecule has 182 valence electrons. The van der Waals surface area contributed by atoms with Gasteiger partial charge in [0.1, 0.15) is 18.1 Å². The molecule has 6 heteroatoms. The van der Waals surface area contributed by atoms with E-state index in [0.29, 0.717) is 13.2 Å². The number of carbonyl (C=O) groups is 1. The van der Waals surface area contributed by atoms with Crippen LogP contribution in [-0.4, -0.2) is 66.8 Å². The van der Waals surface area contributed by atoms with E-state index in [9.17, 15) is 4.79 Å². The van der Waals surface area contributed by atoms with Crippen molar-refractivity contribution in [2.24, 2.45) is 0 Å². The molecule has 1 unspecified atom stereocenters. The summed E-state index contributed by atoms with van der Waals surface area (Å²) in [7, 11) is 0. The van der Waals surface area contributed by atoms with E-state index in [4.69, 9.17) is 14.6 Å². The van der Waals surface area contributed by atoms with Gasteiger partial charge in [-0.2, -0.15) is 0 Å². The molecule has 0 spiro atoms. The van der Waals surface area contributed by atoms with E-state index >= 15 is 0 Å². The normalized spacial score (nSPS) is 18.3. The summed E-state index contributed by atoms with van der Waals surface area (Å²) in [6.45, 7) is 5.92. The first-order valence-corrected chi connectivity index (χ1v) is 12.3. The quantitative estimate of drug-likeness (QED) is 0.497. The van der Waals surface area contributed by atoms with Gasteiger partial charge in [-0.3, -0.25) is 14.6 Å². The van der Waals surface area contributed by atoms with Crippen LogP contribution in [0, 0.1) is 0 Å². The summed E-state index contributed by atoms with van der Waals surface area (Å²) in [5.41, 5.74) is 3.63. The number of piperazine rings is 1. The van der Waals surface area contributed by atoms with Crippen molar-refractivity contribution in [3.63, 3.8) is 0 Å². The fourth-order valence-electron chi connectivity index (χ4n) is 5.15. The molecule has 35 heavy (non-hydrogen) atoms. The Hall–Kier alpha value is -3.35. The Kier molecular flexibility index (Phi) is 7.31. The molecule has 0 aromatic heterocycles. The zero-order valence-electron chi connectivity index (χ0n) is 19.9. The Labute approximate surface area is 206 Å². The number of hydrogen-bond donors (Lipinski definition) is 1. The maximum atomic E-state index is 11.0. The van der Waals surface area contributed by atoms with Gasteiger partial charge in [-0.25, -0.2) is 0 Å². The lowest BCUT2D eigenvalue weighted by atomic mass is 9.96. The molecule has 2 heterocycles. The van der Waals surface area contributed by atoms with Crippen LogP contribution in [0.2, 0.25) is 0 Å². The number of rotatable bonds is 9. The summed E-state index contributed by atoms with van der Waals surface area (Å²) < 4.78 is 11.7. The van der Waals surface area contributed by atoms with Crippen molar-refractivity contribution in [1.82, 2.24) is 9.80 Å². The highest BCUT2D eigenvalue weighted by atomic mass is 16.5. The summed E-state index contributed by atoms with van der Waals surface area (Å²) in [5.74, 6) is 0.635. The standard InChI is InChI=1S/C29H32N2O4/c32-28(33)19-24-21-35-27-20-25(11-12-26(24)27)34-18-17-30-13-15-31(16-14-30)29(22-7-3-1-4-8-22)23-9-5-2-6-10-23/h1-12,20,24,29H,13-19,21H2,(H,32,33). The van der Waals surface area contributed by atoms with Crippen molar-refractivity contribution in [3.05, 3.63) is 95.6 Å². The maximum absolute atomic E-state index is 11.0. The molecule has 1 fully saturated rings. The first-order valence-electron chi connectivity index (χ1n) is 12.3. The second kappa shape index (κ2) is 10.9. The van der Waals surface area contributed by atoms with Gasteiger partial charge in [0.25, 0.3) is 0 Å². The van der Waals surface area contributed by atoms with Gasteiger partial charge in [0.2, 0.25) is 0 Å². The average molecular weight is 473 g/mol. The molecule has 1 N–H and O–H groups in total. The van der Waals surface area contributed by atoms with Gasteiger partial charge in [-0.15, -0.1) is 0 Å². The molecule has 0 aliphatic carbocycles. The van der Waals surface area contributed by atoms with E-state index in [1.54, 1.807) is 0 Å². The predicted molar refractivity (Wildman–Crippen MR) is 135 cm³/mol. The average Bonchev–Trinajstić information content (AvgIpc) is 3.28. The van der Waals surface area contributed by atoms with Gasteiger partial charge in [0.15, 0.2) is 0 Å². The lowest BCUT2D eigenvalue weighted by Gasteiger charge is -2.39. The van der Waals surface area contributed by atoms with E-state index < -0.39 is 5.97 Å². The number of carboxylic acids is 1. The number of nitrogens with zero attached hydrogens (tertiary/aromatic N) is 2. The van der Waals surface area contributed by atoms with Gasteiger partial charge in [0, 0.05) is 50.3 Å². The van der Waals surface area contributed by atoms with Crippen LogP contribution >= 0.6 is 0 Å². The topological polar surface area (TPSA) is 62.2 Å². The van der Waals surface area contributed by atoms with Gasteiger partial charge < -0.3 is 14.6 Å². The molecule has 1 saturated heterocycles. The monoisotopic (exact) mass is 472 g/mol. The van der Waals surface area contributed by atoms with E-state index in [-0.39, 0.29) is 18.4 Å². The molecule has 3 aromatic rings. The summed E-state index contributed by atoms with van der Waals surface area (Å²) in [4.78, 5) is 16.1. The number of benzene rings is 3. The van der Waals surface area contributed by atoms with Crippen LogP contribution in [0.5, 0.6) is 11.5 Å². The van der Waals surface area contributed by atoms with Gasteiger partial charge in [-0.05, 0) is 17.2 Å². The van der Waals surface area contributed by atoms with Gasteiger partial charge in [0.05, 0.1) is 19.1 Å². The van der Waals surface area contributed by atoms with E-state index in [0.717, 1.165) is 49.8 Å². The Morgan fingerprint density at radius 1 is 0.943 bits per heavy atom. The minimum absolute atomic E-state index is 0.0801. The third-order valence-corrected chi connectivity index (χ3v) is 6.96. The minimum atomic E-state index is -0.800. The first kappa shape index (κ1) is 23.4. The molecule has 2 aliphatic heterocycles. The molecule has 3 aromatic carbocycles. The fraction of sp³-hybridized carbons (Fsp3) is 0.345. The second-order valence-electron chi connectivity index (χ2n) is 9.26. The molecular weight excluding hydrogens is 440 g/mol. The van der Waals surface area contributed by atoms with Crippen LogP contribution in [-0.2, 0) is 4.79 Å². The molecule has 6 nitrogen and oxygen atoms in total. The second-order valence-corrected chi connectivity index (χ2v) is 9.26. The highest BCUT2D eigenvalue weighted by Gasteiger charge is 2.28. The largest absolute Gasteiger partial charge is 0.492 e. The SMILES string of the molecule is O=C(O)CC1COc2cc(OCCN3CCN(C(c4ccccc4)c4ccccc4)CC3)ccc21. The number of aliphatic carboxylic acids is 1. The van der Waals surface area contributed by atoms with Crippen LogP contribution in [0.25, 0.3) is 0 Å². The Morgan fingerprint density at radius 3 is 2.23 bits per heavy atom. The zero-order valence-corrected chi connectivity index (χ0v) is 19.9. The highest BCUT2D eigenvalue weighted by molar-refractivity contribution is 5.68. The maximum Gasteiger partial charge on any atom is 0.304 e. The van der Waals surface area contributed by atoms with Crippen LogP contribution in [0.3, 0.4) is 0 Å². The molecule has 0 bridgehead atoms. The first-order chi connectivity index (χ1) is 17.2. The number of carboxylic acid groups (broad SMARTS) is 1. The van der Waals surface area contributed by atoms with Crippen LogP contribution < -0.4 is 9.47 Å². The molecular formula is C29H32N2O4. The van der Waals surface area contributed by atoms with Crippen molar-refractivity contribution in [2.75, 3.05) is 45.9 Å². The van der Waals surface area contributed by atoms with Crippen LogP contribution in [0.4, 0.5) is 0 Å². The number of hydrogen-bond acceptors (Lipinski definition) is 5. The smallest absolute Gasteiger partial charge is 0.304 e. The summed E-state index contributed by atoms with van der Waals surface area (Å²) >= 11 is 0. The third-order valence-electron chi connectivity index (χ3n) is 6.96. The predicted octanol–water partition coefficient (Wildman–Crippen LogP) is 4.42. The molecule has 0 saturated carbocycles. The van der Waals surface area contributed by atoms with Crippen molar-refractivity contribution in [2.45, 2.75) is 18.4 Å². The molecule has 1 atom stereocenters. The zero-order chi connectivity index (χ0) is 24.0. The van der Waals surface area contributed by atoms with Crippen molar-refractivity contribution in [1.29, 1.82) is 0 Å². The van der Waals surface area contributed by atoms with E-state index in [1.165, 1.54) is 11.1 Å². The third kappa shape index (κ3) is 5.66.